The molecule has 1 aromatic carbocycles. The lowest BCUT2D eigenvalue weighted by atomic mass is 9.91. The van der Waals surface area contributed by atoms with Crippen molar-refractivity contribution in [1.29, 1.82) is 0 Å². The zero-order valence-corrected chi connectivity index (χ0v) is 17.0. The van der Waals surface area contributed by atoms with Crippen LogP contribution >= 0.6 is 0 Å². The van der Waals surface area contributed by atoms with Gasteiger partial charge in [0.25, 0.3) is 5.91 Å². The Morgan fingerprint density at radius 3 is 2.55 bits per heavy atom. The van der Waals surface area contributed by atoms with Gasteiger partial charge in [-0.2, -0.15) is 5.10 Å². The zero-order chi connectivity index (χ0) is 21.0. The fourth-order valence-corrected chi connectivity index (χ4v) is 4.08. The van der Waals surface area contributed by atoms with Crippen LogP contribution in [-0.4, -0.2) is 41.2 Å². The maximum absolute atomic E-state index is 12.7. The van der Waals surface area contributed by atoms with Gasteiger partial charge >= 0.3 is 0 Å². The highest BCUT2D eigenvalue weighted by Crippen LogP contribution is 2.29. The number of rotatable bonds is 5. The highest BCUT2D eigenvalue weighted by molar-refractivity contribution is 5.94. The molecule has 0 radical (unpaired) electrons. The molecule has 1 amide bonds. The highest BCUT2D eigenvalue weighted by atomic mass is 16.1. The average molecular weight is 413 g/mol. The number of amides is 1. The first-order valence-electron chi connectivity index (χ1n) is 10.5. The monoisotopic (exact) mass is 413 g/mol. The third-order valence-electron chi connectivity index (χ3n) is 5.82. The van der Waals surface area contributed by atoms with Gasteiger partial charge in [0.2, 0.25) is 0 Å². The van der Waals surface area contributed by atoms with E-state index in [4.69, 9.17) is 0 Å². The molecule has 1 saturated carbocycles. The van der Waals surface area contributed by atoms with Crippen LogP contribution in [0.2, 0.25) is 0 Å². The molecule has 0 spiro atoms. The first kappa shape index (κ1) is 19.2. The van der Waals surface area contributed by atoms with Crippen molar-refractivity contribution in [3.8, 4) is 16.9 Å². The van der Waals surface area contributed by atoms with Gasteiger partial charge in [0.05, 0.1) is 24.3 Å². The first-order chi connectivity index (χ1) is 15.3. The first-order valence-corrected chi connectivity index (χ1v) is 10.5. The number of nitrogens with zero attached hydrogens (tertiary/aromatic N) is 6. The van der Waals surface area contributed by atoms with Crippen molar-refractivity contribution in [2.24, 2.45) is 0 Å². The molecule has 156 valence electrons. The predicted molar refractivity (Wildman–Crippen MR) is 116 cm³/mol. The molecule has 0 atom stereocenters. The summed E-state index contributed by atoms with van der Waals surface area (Å²) in [6.07, 6.45) is 16.4. The van der Waals surface area contributed by atoms with E-state index in [1.807, 2.05) is 58.2 Å². The Kier molecular flexibility index (Phi) is 5.26. The molecule has 4 aromatic rings. The molecule has 1 N–H and O–H groups in total. The van der Waals surface area contributed by atoms with Crippen LogP contribution in [0.25, 0.3) is 16.9 Å². The summed E-state index contributed by atoms with van der Waals surface area (Å²) < 4.78 is 3.94. The predicted octanol–water partition coefficient (Wildman–Crippen LogP) is 3.44. The molecule has 3 aromatic heterocycles. The van der Waals surface area contributed by atoms with Crippen molar-refractivity contribution in [1.82, 2.24) is 34.6 Å². The molecule has 8 heteroatoms. The van der Waals surface area contributed by atoms with E-state index in [0.29, 0.717) is 11.6 Å². The summed E-state index contributed by atoms with van der Waals surface area (Å²) in [4.78, 5) is 25.0. The summed E-state index contributed by atoms with van der Waals surface area (Å²) in [6, 6.07) is 9.99. The van der Waals surface area contributed by atoms with Gasteiger partial charge < -0.3 is 9.88 Å². The Morgan fingerprint density at radius 2 is 1.84 bits per heavy atom. The Labute approximate surface area is 180 Å². The molecular formula is C23H23N7O. The molecular weight excluding hydrogens is 390 g/mol. The lowest BCUT2D eigenvalue weighted by molar-refractivity contribution is 0.0921. The van der Waals surface area contributed by atoms with E-state index in [2.05, 4.69) is 25.4 Å². The second-order valence-electron chi connectivity index (χ2n) is 7.80. The summed E-state index contributed by atoms with van der Waals surface area (Å²) in [5.74, 6) is -0.0224. The summed E-state index contributed by atoms with van der Waals surface area (Å²) in [6.45, 7) is 0. The van der Waals surface area contributed by atoms with Crippen LogP contribution in [0.4, 0.5) is 0 Å². The minimum Gasteiger partial charge on any atom is -0.349 e. The van der Waals surface area contributed by atoms with Gasteiger partial charge in [0.1, 0.15) is 6.33 Å². The second-order valence-corrected chi connectivity index (χ2v) is 7.80. The van der Waals surface area contributed by atoms with Crippen LogP contribution in [0.5, 0.6) is 0 Å². The maximum Gasteiger partial charge on any atom is 0.251 e. The van der Waals surface area contributed by atoms with Gasteiger partial charge in [-0.25, -0.2) is 15.0 Å². The van der Waals surface area contributed by atoms with Crippen LogP contribution in [0, 0.1) is 0 Å². The van der Waals surface area contributed by atoms with Crippen molar-refractivity contribution in [2.45, 2.75) is 37.8 Å². The third-order valence-corrected chi connectivity index (χ3v) is 5.82. The second kappa shape index (κ2) is 8.51. The van der Waals surface area contributed by atoms with Crippen molar-refractivity contribution < 1.29 is 4.79 Å². The van der Waals surface area contributed by atoms with Crippen molar-refractivity contribution in [3.63, 3.8) is 0 Å². The van der Waals surface area contributed by atoms with Gasteiger partial charge in [-0.15, -0.1) is 0 Å². The Morgan fingerprint density at radius 1 is 1.00 bits per heavy atom. The number of carbonyl (C=O) groups is 1. The summed E-state index contributed by atoms with van der Waals surface area (Å²) in [5, 5.41) is 7.73. The van der Waals surface area contributed by atoms with Crippen molar-refractivity contribution in [2.75, 3.05) is 0 Å². The maximum atomic E-state index is 12.7. The fraction of sp³-hybridized carbons (Fsp3) is 0.261. The molecule has 0 unspecified atom stereocenters. The summed E-state index contributed by atoms with van der Waals surface area (Å²) in [5.41, 5.74) is 3.53. The van der Waals surface area contributed by atoms with E-state index in [1.54, 1.807) is 25.0 Å². The smallest absolute Gasteiger partial charge is 0.251 e. The normalized spacial score (nSPS) is 18.6. The molecule has 8 nitrogen and oxygen atoms in total. The molecule has 1 fully saturated rings. The fourth-order valence-electron chi connectivity index (χ4n) is 4.08. The number of hydrogen-bond acceptors (Lipinski definition) is 5. The number of aromatic nitrogens is 6. The van der Waals surface area contributed by atoms with E-state index in [9.17, 15) is 4.79 Å². The summed E-state index contributed by atoms with van der Waals surface area (Å²) >= 11 is 0. The van der Waals surface area contributed by atoms with E-state index in [1.165, 1.54) is 0 Å². The van der Waals surface area contributed by atoms with Gasteiger partial charge in [-0.1, -0.05) is 0 Å². The zero-order valence-electron chi connectivity index (χ0n) is 17.0. The molecule has 5 rings (SSSR count). The van der Waals surface area contributed by atoms with E-state index >= 15 is 0 Å². The minimum atomic E-state index is -0.0224. The van der Waals surface area contributed by atoms with Crippen LogP contribution < -0.4 is 5.32 Å². The molecule has 0 aliphatic heterocycles. The van der Waals surface area contributed by atoms with Crippen molar-refractivity contribution >= 4 is 5.91 Å². The topological polar surface area (TPSA) is 90.5 Å². The SMILES string of the molecule is O=C(NC1CCC(n2cc(-c3ccncn3)cn2)CC1)c1ccc(-n2ccnc2)cc1. The standard InChI is InChI=1S/C23H23N7O/c31-23(17-1-5-20(6-2-17)29-12-11-25-16-29)28-19-3-7-21(8-4-19)30-14-18(13-27-30)22-9-10-24-15-26-22/h1-2,5-6,9-16,19,21H,3-4,7-8H2,(H,28,31). The van der Waals surface area contributed by atoms with Gasteiger partial charge in [0.15, 0.2) is 0 Å². The molecule has 1 aliphatic carbocycles. The molecule has 1 aliphatic rings. The van der Waals surface area contributed by atoms with E-state index < -0.39 is 0 Å². The van der Waals surface area contributed by atoms with Crippen molar-refractivity contribution in [3.05, 3.63) is 79.5 Å². The Hall–Kier alpha value is -3.81. The van der Waals surface area contributed by atoms with E-state index in [-0.39, 0.29) is 11.9 Å². The van der Waals surface area contributed by atoms with Crippen LogP contribution in [-0.2, 0) is 0 Å². The largest absolute Gasteiger partial charge is 0.349 e. The number of imidazole rings is 1. The Bertz CT molecular complexity index is 1130. The highest BCUT2D eigenvalue weighted by Gasteiger charge is 2.24. The number of benzene rings is 1. The van der Waals surface area contributed by atoms with E-state index in [0.717, 1.165) is 42.6 Å². The van der Waals surface area contributed by atoms with Gasteiger partial charge in [0, 0.05) is 47.6 Å². The minimum absolute atomic E-state index is 0.0224. The average Bonchev–Trinajstić information content (AvgIpc) is 3.53. The third kappa shape index (κ3) is 4.23. The summed E-state index contributed by atoms with van der Waals surface area (Å²) in [7, 11) is 0. The number of nitrogens with one attached hydrogen (secondary N) is 1. The Balaban J connectivity index is 1.16. The van der Waals surface area contributed by atoms with Crippen LogP contribution in [0.15, 0.2) is 74.0 Å². The van der Waals surface area contributed by atoms with Gasteiger partial charge in [-0.3, -0.25) is 9.48 Å². The van der Waals surface area contributed by atoms with Crippen LogP contribution in [0.3, 0.4) is 0 Å². The lowest BCUT2D eigenvalue weighted by Crippen LogP contribution is -2.38. The molecule has 31 heavy (non-hydrogen) atoms. The van der Waals surface area contributed by atoms with Crippen LogP contribution in [0.1, 0.15) is 42.1 Å². The molecule has 0 saturated heterocycles. The lowest BCUT2D eigenvalue weighted by Gasteiger charge is -2.29. The molecule has 0 bridgehead atoms. The van der Waals surface area contributed by atoms with Gasteiger partial charge in [-0.05, 0) is 56.0 Å². The number of carbonyl (C=O) groups excluding carboxylic acids is 1. The molecule has 3 heterocycles. The number of hydrogen-bond donors (Lipinski definition) is 1. The quantitative estimate of drug-likeness (QED) is 0.541.